The van der Waals surface area contributed by atoms with Crippen molar-refractivity contribution in [3.8, 4) is 0 Å². The number of anilines is 2. The fourth-order valence-electron chi connectivity index (χ4n) is 1.12. The molecule has 0 aliphatic rings. The van der Waals surface area contributed by atoms with E-state index in [0.717, 1.165) is 5.69 Å². The third kappa shape index (κ3) is 3.89. The SMILES string of the molecule is Cl.Clc1cc(Nc2ccc(Cl)c(Cl)c2)ncn1. The fourth-order valence-corrected chi connectivity index (χ4v) is 1.57. The number of hydrogen-bond acceptors (Lipinski definition) is 3. The number of nitrogens with one attached hydrogen (secondary N) is 1. The molecule has 0 saturated carbocycles. The molecule has 3 nitrogen and oxygen atoms in total. The molecular weight excluding hydrogens is 304 g/mol. The minimum Gasteiger partial charge on any atom is -0.340 e. The molecule has 0 amide bonds. The van der Waals surface area contributed by atoms with Crippen molar-refractivity contribution in [1.29, 1.82) is 0 Å². The van der Waals surface area contributed by atoms with Crippen LogP contribution in [0.1, 0.15) is 0 Å². The lowest BCUT2D eigenvalue weighted by molar-refractivity contribution is 1.17. The molecule has 1 N–H and O–H groups in total. The average molecular weight is 311 g/mol. The largest absolute Gasteiger partial charge is 0.340 e. The second-order valence-electron chi connectivity index (χ2n) is 2.98. The third-order valence-electron chi connectivity index (χ3n) is 1.83. The van der Waals surface area contributed by atoms with Crippen LogP contribution in [-0.4, -0.2) is 9.97 Å². The van der Waals surface area contributed by atoms with E-state index in [-0.39, 0.29) is 12.4 Å². The van der Waals surface area contributed by atoms with Gasteiger partial charge in [0.15, 0.2) is 0 Å². The average Bonchev–Trinajstić information content (AvgIpc) is 2.24. The zero-order chi connectivity index (χ0) is 11.5. The van der Waals surface area contributed by atoms with E-state index in [4.69, 9.17) is 34.8 Å². The van der Waals surface area contributed by atoms with Crippen LogP contribution in [0.5, 0.6) is 0 Å². The first-order valence-electron chi connectivity index (χ1n) is 4.35. The molecule has 0 aliphatic heterocycles. The van der Waals surface area contributed by atoms with Crippen molar-refractivity contribution >= 4 is 58.7 Å². The van der Waals surface area contributed by atoms with Crippen molar-refractivity contribution < 1.29 is 0 Å². The Labute approximate surface area is 120 Å². The summed E-state index contributed by atoms with van der Waals surface area (Å²) in [6.07, 6.45) is 1.38. The first-order chi connectivity index (χ1) is 7.65. The van der Waals surface area contributed by atoms with E-state index >= 15 is 0 Å². The van der Waals surface area contributed by atoms with Crippen LogP contribution < -0.4 is 5.32 Å². The van der Waals surface area contributed by atoms with Crippen LogP contribution in [-0.2, 0) is 0 Å². The molecule has 0 radical (unpaired) electrons. The summed E-state index contributed by atoms with van der Waals surface area (Å²) in [7, 11) is 0. The van der Waals surface area contributed by atoms with Crippen molar-refractivity contribution in [2.75, 3.05) is 5.32 Å². The number of benzene rings is 1. The van der Waals surface area contributed by atoms with Gasteiger partial charge in [-0.25, -0.2) is 9.97 Å². The van der Waals surface area contributed by atoms with E-state index in [0.29, 0.717) is 21.0 Å². The molecule has 7 heteroatoms. The molecule has 17 heavy (non-hydrogen) atoms. The van der Waals surface area contributed by atoms with E-state index in [2.05, 4.69) is 15.3 Å². The summed E-state index contributed by atoms with van der Waals surface area (Å²) in [5, 5.41) is 4.39. The highest BCUT2D eigenvalue weighted by Gasteiger charge is 2.01. The topological polar surface area (TPSA) is 37.8 Å². The van der Waals surface area contributed by atoms with Crippen molar-refractivity contribution in [2.24, 2.45) is 0 Å². The zero-order valence-corrected chi connectivity index (χ0v) is 11.4. The van der Waals surface area contributed by atoms with E-state index in [1.807, 2.05) is 0 Å². The summed E-state index contributed by atoms with van der Waals surface area (Å²) >= 11 is 17.4. The van der Waals surface area contributed by atoms with Gasteiger partial charge in [-0.3, -0.25) is 0 Å². The first kappa shape index (κ1) is 14.3. The molecule has 2 aromatic rings. The highest BCUT2D eigenvalue weighted by molar-refractivity contribution is 6.42. The summed E-state index contributed by atoms with van der Waals surface area (Å²) in [6, 6.07) is 6.82. The maximum Gasteiger partial charge on any atom is 0.135 e. The predicted octanol–water partition coefficient (Wildman–Crippen LogP) is 4.60. The summed E-state index contributed by atoms with van der Waals surface area (Å²) < 4.78 is 0. The highest BCUT2D eigenvalue weighted by atomic mass is 35.5. The molecule has 1 heterocycles. The predicted molar refractivity (Wildman–Crippen MR) is 74.0 cm³/mol. The van der Waals surface area contributed by atoms with Gasteiger partial charge in [0.25, 0.3) is 0 Å². The van der Waals surface area contributed by atoms with Gasteiger partial charge in [0.1, 0.15) is 17.3 Å². The second-order valence-corrected chi connectivity index (χ2v) is 4.18. The Morgan fingerprint density at radius 2 is 1.71 bits per heavy atom. The van der Waals surface area contributed by atoms with Gasteiger partial charge in [0.2, 0.25) is 0 Å². The van der Waals surface area contributed by atoms with Crippen LogP contribution in [0.2, 0.25) is 15.2 Å². The van der Waals surface area contributed by atoms with Crippen LogP contribution in [0.25, 0.3) is 0 Å². The smallest absolute Gasteiger partial charge is 0.135 e. The van der Waals surface area contributed by atoms with Gasteiger partial charge in [0, 0.05) is 11.8 Å². The standard InChI is InChI=1S/C10H6Cl3N3.ClH/c11-7-2-1-6(3-8(7)12)16-10-4-9(13)14-5-15-10;/h1-5H,(H,14,15,16);1H. The van der Waals surface area contributed by atoms with Crippen LogP contribution in [0.15, 0.2) is 30.6 Å². The van der Waals surface area contributed by atoms with Gasteiger partial charge in [-0.05, 0) is 18.2 Å². The third-order valence-corrected chi connectivity index (χ3v) is 2.77. The summed E-state index contributed by atoms with van der Waals surface area (Å²) in [6.45, 7) is 0. The Kier molecular flexibility index (Phi) is 5.28. The number of halogens is 4. The Balaban J connectivity index is 0.00000144. The van der Waals surface area contributed by atoms with Gasteiger partial charge in [0.05, 0.1) is 10.0 Å². The number of aromatic nitrogens is 2. The molecule has 1 aromatic carbocycles. The minimum absolute atomic E-state index is 0. The van der Waals surface area contributed by atoms with Gasteiger partial charge in [-0.15, -0.1) is 12.4 Å². The molecule has 90 valence electrons. The maximum absolute atomic E-state index is 5.88. The van der Waals surface area contributed by atoms with E-state index in [9.17, 15) is 0 Å². The van der Waals surface area contributed by atoms with Crippen molar-refractivity contribution in [3.05, 3.63) is 45.8 Å². The lowest BCUT2D eigenvalue weighted by atomic mass is 10.3. The van der Waals surface area contributed by atoms with E-state index < -0.39 is 0 Å². The molecule has 2 rings (SSSR count). The monoisotopic (exact) mass is 309 g/mol. The van der Waals surface area contributed by atoms with Gasteiger partial charge in [-0.2, -0.15) is 0 Å². The maximum atomic E-state index is 5.88. The first-order valence-corrected chi connectivity index (χ1v) is 5.48. The minimum atomic E-state index is 0. The Bertz CT molecular complexity index is 519. The van der Waals surface area contributed by atoms with E-state index in [1.54, 1.807) is 24.3 Å². The van der Waals surface area contributed by atoms with Crippen LogP contribution in [0, 0.1) is 0 Å². The zero-order valence-electron chi connectivity index (χ0n) is 8.32. The number of rotatable bonds is 2. The van der Waals surface area contributed by atoms with Crippen LogP contribution in [0.4, 0.5) is 11.5 Å². The summed E-state index contributed by atoms with van der Waals surface area (Å²) in [5.41, 5.74) is 0.782. The van der Waals surface area contributed by atoms with Gasteiger partial charge in [-0.1, -0.05) is 34.8 Å². The molecule has 0 aliphatic carbocycles. The van der Waals surface area contributed by atoms with Gasteiger partial charge >= 0.3 is 0 Å². The quantitative estimate of drug-likeness (QED) is 0.824. The van der Waals surface area contributed by atoms with Crippen LogP contribution in [0.3, 0.4) is 0 Å². The molecule has 0 bridgehead atoms. The molecule has 0 spiro atoms. The summed E-state index contributed by atoms with van der Waals surface area (Å²) in [5.74, 6) is 0.596. The number of nitrogens with zero attached hydrogens (tertiary/aromatic N) is 2. The second kappa shape index (κ2) is 6.26. The molecule has 0 atom stereocenters. The molecule has 0 unspecified atom stereocenters. The van der Waals surface area contributed by atoms with Crippen molar-refractivity contribution in [2.45, 2.75) is 0 Å². The van der Waals surface area contributed by atoms with Crippen LogP contribution >= 0.6 is 47.2 Å². The molecule has 0 saturated heterocycles. The number of hydrogen-bond donors (Lipinski definition) is 1. The van der Waals surface area contributed by atoms with Crippen molar-refractivity contribution in [3.63, 3.8) is 0 Å². The Morgan fingerprint density at radius 3 is 2.35 bits per heavy atom. The molecular formula is C10H7Cl4N3. The lowest BCUT2D eigenvalue weighted by Crippen LogP contribution is -1.93. The molecule has 0 fully saturated rings. The lowest BCUT2D eigenvalue weighted by Gasteiger charge is -2.06. The Morgan fingerprint density at radius 1 is 0.941 bits per heavy atom. The van der Waals surface area contributed by atoms with Gasteiger partial charge < -0.3 is 5.32 Å². The van der Waals surface area contributed by atoms with Crippen molar-refractivity contribution in [1.82, 2.24) is 9.97 Å². The molecule has 1 aromatic heterocycles. The fraction of sp³-hybridized carbons (Fsp3) is 0. The summed E-state index contributed by atoms with van der Waals surface area (Å²) in [4.78, 5) is 7.78. The highest BCUT2D eigenvalue weighted by Crippen LogP contribution is 2.26. The van der Waals surface area contributed by atoms with E-state index in [1.165, 1.54) is 6.33 Å². The Hall–Kier alpha value is -0.740. The normalized spacial score (nSPS) is 9.59.